The van der Waals surface area contributed by atoms with Crippen LogP contribution in [-0.2, 0) is 13.0 Å². The number of nitro benzene ring substituents is 1. The lowest BCUT2D eigenvalue weighted by molar-refractivity contribution is -0.385. The van der Waals surface area contributed by atoms with E-state index in [0.29, 0.717) is 17.8 Å². The minimum absolute atomic E-state index is 0.0126. The molecule has 8 nitrogen and oxygen atoms in total. The van der Waals surface area contributed by atoms with Gasteiger partial charge in [0, 0.05) is 25.1 Å². The van der Waals surface area contributed by atoms with Crippen molar-refractivity contribution in [2.24, 2.45) is 0 Å². The number of carbonyl (C=O) groups excluding carboxylic acids is 1. The first-order valence-corrected chi connectivity index (χ1v) is 6.42. The molecule has 1 N–H and O–H groups in total. The molecule has 0 fully saturated rings. The number of aromatic nitrogens is 3. The van der Waals surface area contributed by atoms with Gasteiger partial charge >= 0.3 is 0 Å². The molecule has 0 aliphatic carbocycles. The lowest BCUT2D eigenvalue weighted by atomic mass is 10.1. The van der Waals surface area contributed by atoms with Crippen molar-refractivity contribution >= 4 is 11.6 Å². The zero-order chi connectivity index (χ0) is 15.4. The molecule has 1 aromatic carbocycles. The SMILES string of the molecule is CCc1nc(C(=O)N(C)Cc2ccccc2[N+](=O)[O-])n[nH]1. The number of carbonyl (C=O) groups is 1. The van der Waals surface area contributed by atoms with Crippen molar-refractivity contribution in [2.75, 3.05) is 7.05 Å². The maximum atomic E-state index is 12.2. The Morgan fingerprint density at radius 3 is 2.76 bits per heavy atom. The normalized spacial score (nSPS) is 10.4. The fraction of sp³-hybridized carbons (Fsp3) is 0.308. The molecule has 8 heteroatoms. The summed E-state index contributed by atoms with van der Waals surface area (Å²) in [5.74, 6) is 0.300. The standard InChI is InChI=1S/C13H15N5O3/c1-3-11-14-12(16-15-11)13(19)17(2)8-9-6-4-5-7-10(9)18(20)21/h4-7H,3,8H2,1-2H3,(H,14,15,16). The summed E-state index contributed by atoms with van der Waals surface area (Å²) in [6.07, 6.45) is 0.647. The van der Waals surface area contributed by atoms with Crippen LogP contribution in [0.4, 0.5) is 5.69 Å². The first-order valence-electron chi connectivity index (χ1n) is 6.42. The summed E-state index contributed by atoms with van der Waals surface area (Å²) < 4.78 is 0. The molecule has 0 unspecified atom stereocenters. The van der Waals surface area contributed by atoms with Crippen LogP contribution in [-0.4, -0.2) is 38.0 Å². The number of para-hydroxylation sites is 1. The van der Waals surface area contributed by atoms with Crippen molar-refractivity contribution in [2.45, 2.75) is 19.9 Å². The molecule has 2 aromatic rings. The van der Waals surface area contributed by atoms with Gasteiger partial charge in [-0.3, -0.25) is 20.0 Å². The number of hydrogen-bond donors (Lipinski definition) is 1. The van der Waals surface area contributed by atoms with Gasteiger partial charge in [-0.25, -0.2) is 4.98 Å². The van der Waals surface area contributed by atoms with Gasteiger partial charge in [-0.2, -0.15) is 0 Å². The number of rotatable bonds is 5. The number of aryl methyl sites for hydroxylation is 1. The van der Waals surface area contributed by atoms with Crippen LogP contribution >= 0.6 is 0 Å². The van der Waals surface area contributed by atoms with Crippen molar-refractivity contribution in [3.8, 4) is 0 Å². The quantitative estimate of drug-likeness (QED) is 0.664. The number of nitrogens with zero attached hydrogens (tertiary/aromatic N) is 4. The van der Waals surface area contributed by atoms with E-state index < -0.39 is 4.92 Å². The predicted molar refractivity (Wildman–Crippen MR) is 74.7 cm³/mol. The molecule has 0 atom stereocenters. The lowest BCUT2D eigenvalue weighted by Crippen LogP contribution is -2.27. The smallest absolute Gasteiger partial charge is 0.293 e. The van der Waals surface area contributed by atoms with Gasteiger partial charge in [0.05, 0.1) is 11.5 Å². The van der Waals surface area contributed by atoms with Crippen LogP contribution in [0.25, 0.3) is 0 Å². The summed E-state index contributed by atoms with van der Waals surface area (Å²) in [5, 5.41) is 17.5. The second kappa shape index (κ2) is 6.12. The van der Waals surface area contributed by atoms with Crippen LogP contribution in [0.5, 0.6) is 0 Å². The van der Waals surface area contributed by atoms with Crippen molar-refractivity contribution in [3.63, 3.8) is 0 Å². The molecule has 0 bridgehead atoms. The third-order valence-electron chi connectivity index (χ3n) is 3.00. The molecule has 0 aliphatic rings. The van der Waals surface area contributed by atoms with Gasteiger partial charge < -0.3 is 4.90 Å². The van der Waals surface area contributed by atoms with Crippen LogP contribution in [0.2, 0.25) is 0 Å². The Morgan fingerprint density at radius 1 is 1.43 bits per heavy atom. The maximum Gasteiger partial charge on any atom is 0.293 e. The van der Waals surface area contributed by atoms with Crippen molar-refractivity contribution < 1.29 is 9.72 Å². The third-order valence-corrected chi connectivity index (χ3v) is 3.00. The second-order valence-electron chi connectivity index (χ2n) is 4.51. The van der Waals surface area contributed by atoms with Gasteiger partial charge in [-0.1, -0.05) is 25.1 Å². The van der Waals surface area contributed by atoms with Crippen molar-refractivity contribution in [1.29, 1.82) is 0 Å². The Hall–Kier alpha value is -2.77. The van der Waals surface area contributed by atoms with Gasteiger partial charge in [0.1, 0.15) is 5.82 Å². The van der Waals surface area contributed by atoms with E-state index in [1.165, 1.54) is 11.0 Å². The van der Waals surface area contributed by atoms with Crippen LogP contribution in [0.1, 0.15) is 28.9 Å². The lowest BCUT2D eigenvalue weighted by Gasteiger charge is -2.15. The summed E-state index contributed by atoms with van der Waals surface area (Å²) in [5.41, 5.74) is 0.450. The summed E-state index contributed by atoms with van der Waals surface area (Å²) in [6.45, 7) is 2.01. The number of H-pyrrole nitrogens is 1. The highest BCUT2D eigenvalue weighted by molar-refractivity contribution is 5.90. The molecule has 0 saturated heterocycles. The molecule has 1 amide bonds. The second-order valence-corrected chi connectivity index (χ2v) is 4.51. The van der Waals surface area contributed by atoms with Crippen LogP contribution < -0.4 is 0 Å². The molecule has 2 rings (SSSR count). The topological polar surface area (TPSA) is 105 Å². The Morgan fingerprint density at radius 2 is 2.14 bits per heavy atom. The average Bonchev–Trinajstić information content (AvgIpc) is 2.95. The zero-order valence-corrected chi connectivity index (χ0v) is 11.7. The first kappa shape index (κ1) is 14.6. The Labute approximate surface area is 121 Å². The molecule has 0 spiro atoms. The maximum absolute atomic E-state index is 12.2. The number of amides is 1. The van der Waals surface area contributed by atoms with Gasteiger partial charge in [-0.05, 0) is 0 Å². The molecular formula is C13H15N5O3. The summed E-state index contributed by atoms with van der Waals surface area (Å²) in [6, 6.07) is 6.32. The van der Waals surface area contributed by atoms with Gasteiger partial charge in [-0.15, -0.1) is 5.10 Å². The highest BCUT2D eigenvalue weighted by Gasteiger charge is 2.20. The highest BCUT2D eigenvalue weighted by Crippen LogP contribution is 2.19. The van der Waals surface area contributed by atoms with E-state index in [1.54, 1.807) is 25.2 Å². The van der Waals surface area contributed by atoms with Crippen LogP contribution in [0.3, 0.4) is 0 Å². The number of aromatic amines is 1. The van der Waals surface area contributed by atoms with E-state index in [1.807, 2.05) is 6.92 Å². The molecule has 110 valence electrons. The largest absolute Gasteiger partial charge is 0.334 e. The first-order chi connectivity index (χ1) is 10.0. The average molecular weight is 289 g/mol. The zero-order valence-electron chi connectivity index (χ0n) is 11.7. The molecule has 0 aliphatic heterocycles. The van der Waals surface area contributed by atoms with Gasteiger partial charge in [0.25, 0.3) is 11.6 Å². The highest BCUT2D eigenvalue weighted by atomic mass is 16.6. The summed E-state index contributed by atoms with van der Waals surface area (Å²) in [4.78, 5) is 28.1. The van der Waals surface area contributed by atoms with E-state index >= 15 is 0 Å². The van der Waals surface area contributed by atoms with E-state index in [-0.39, 0.29) is 24.0 Å². The monoisotopic (exact) mass is 289 g/mol. The predicted octanol–water partition coefficient (Wildman–Crippen LogP) is 1.55. The number of hydrogen-bond acceptors (Lipinski definition) is 5. The number of nitrogens with one attached hydrogen (secondary N) is 1. The van der Waals surface area contributed by atoms with E-state index in [4.69, 9.17) is 0 Å². The number of nitro groups is 1. The van der Waals surface area contributed by atoms with E-state index in [0.717, 1.165) is 0 Å². The molecule has 0 saturated carbocycles. The fourth-order valence-electron chi connectivity index (χ4n) is 1.87. The van der Waals surface area contributed by atoms with Crippen molar-refractivity contribution in [3.05, 3.63) is 51.6 Å². The summed E-state index contributed by atoms with van der Waals surface area (Å²) >= 11 is 0. The fourth-order valence-corrected chi connectivity index (χ4v) is 1.87. The van der Waals surface area contributed by atoms with E-state index in [2.05, 4.69) is 15.2 Å². The number of benzene rings is 1. The van der Waals surface area contributed by atoms with Crippen LogP contribution in [0.15, 0.2) is 24.3 Å². The van der Waals surface area contributed by atoms with E-state index in [9.17, 15) is 14.9 Å². The molecule has 1 aromatic heterocycles. The van der Waals surface area contributed by atoms with Gasteiger partial charge in [0.15, 0.2) is 0 Å². The molecular weight excluding hydrogens is 274 g/mol. The van der Waals surface area contributed by atoms with Crippen molar-refractivity contribution in [1.82, 2.24) is 20.1 Å². The molecule has 0 radical (unpaired) electrons. The minimum Gasteiger partial charge on any atom is -0.334 e. The minimum atomic E-state index is -0.463. The Bertz CT molecular complexity index is 667. The molecule has 1 heterocycles. The van der Waals surface area contributed by atoms with Crippen LogP contribution in [0, 0.1) is 10.1 Å². The Balaban J connectivity index is 2.16. The third kappa shape index (κ3) is 3.22. The van der Waals surface area contributed by atoms with Gasteiger partial charge in [0.2, 0.25) is 5.82 Å². The summed E-state index contributed by atoms with van der Waals surface area (Å²) in [7, 11) is 1.56. The Kier molecular flexibility index (Phi) is 4.27. The molecule has 21 heavy (non-hydrogen) atoms.